The standard InChI is InChI=1S/C7H8O7S.Na/c1-2-5(15(12,13)14)4(7(10)11)3-6(8)9;/h2-3,5H,1H2,(H,8,9)(H,10,11)(H,12,13,14);/q;+1/p-1/b4-3-;. The van der Waals surface area contributed by atoms with Crippen LogP contribution in [0.15, 0.2) is 24.3 Å². The Morgan fingerprint density at radius 2 is 1.75 bits per heavy atom. The van der Waals surface area contributed by atoms with E-state index in [-0.39, 0.29) is 35.6 Å². The van der Waals surface area contributed by atoms with Gasteiger partial charge in [0.1, 0.15) is 10.1 Å². The Bertz CT molecular complexity index is 422. The van der Waals surface area contributed by atoms with Crippen molar-refractivity contribution in [3.05, 3.63) is 24.3 Å². The van der Waals surface area contributed by atoms with Crippen LogP contribution < -0.4 is 29.6 Å². The summed E-state index contributed by atoms with van der Waals surface area (Å²) >= 11 is 0. The molecule has 9 heteroatoms. The average molecular weight is 258 g/mol. The van der Waals surface area contributed by atoms with E-state index in [1.165, 1.54) is 0 Å². The summed E-state index contributed by atoms with van der Waals surface area (Å²) in [7, 11) is -4.99. The molecule has 2 N–H and O–H groups in total. The largest absolute Gasteiger partial charge is 1.00 e. The van der Waals surface area contributed by atoms with Crippen molar-refractivity contribution in [3.8, 4) is 0 Å². The Labute approximate surface area is 114 Å². The van der Waals surface area contributed by atoms with Gasteiger partial charge in [0.2, 0.25) is 0 Å². The smallest absolute Gasteiger partial charge is 0.747 e. The first-order valence-corrected chi connectivity index (χ1v) is 4.92. The predicted octanol–water partition coefficient (Wildman–Crippen LogP) is -3.81. The summed E-state index contributed by atoms with van der Waals surface area (Å²) in [6.07, 6.45) is 0.704. The van der Waals surface area contributed by atoms with Crippen molar-refractivity contribution in [2.24, 2.45) is 0 Å². The van der Waals surface area contributed by atoms with Gasteiger partial charge in [0.15, 0.2) is 0 Å². The maximum Gasteiger partial charge on any atom is 1.00 e. The van der Waals surface area contributed by atoms with Gasteiger partial charge >= 0.3 is 41.5 Å². The molecule has 16 heavy (non-hydrogen) atoms. The van der Waals surface area contributed by atoms with Crippen molar-refractivity contribution >= 4 is 22.1 Å². The second-order valence-corrected chi connectivity index (χ2v) is 3.89. The first kappa shape index (κ1) is 17.7. The van der Waals surface area contributed by atoms with Gasteiger partial charge in [-0.2, -0.15) is 0 Å². The van der Waals surface area contributed by atoms with Crippen LogP contribution in [0.2, 0.25) is 0 Å². The van der Waals surface area contributed by atoms with Crippen LogP contribution in [0.5, 0.6) is 0 Å². The van der Waals surface area contributed by atoms with Crippen molar-refractivity contribution in [1.82, 2.24) is 0 Å². The molecule has 1 atom stereocenters. The molecule has 0 heterocycles. The van der Waals surface area contributed by atoms with Gasteiger partial charge in [-0.3, -0.25) is 0 Å². The fourth-order valence-electron chi connectivity index (χ4n) is 0.799. The molecule has 0 bridgehead atoms. The molecule has 0 saturated carbocycles. The van der Waals surface area contributed by atoms with E-state index in [9.17, 15) is 22.6 Å². The quantitative estimate of drug-likeness (QED) is 0.223. The van der Waals surface area contributed by atoms with Gasteiger partial charge < -0.3 is 14.8 Å². The first-order chi connectivity index (χ1) is 6.70. The molecule has 0 aliphatic carbocycles. The fourth-order valence-corrected chi connectivity index (χ4v) is 1.51. The Kier molecular flexibility index (Phi) is 7.55. The molecule has 0 aromatic carbocycles. The normalized spacial score (nSPS) is 13.4. The summed E-state index contributed by atoms with van der Waals surface area (Å²) in [5, 5.41) is 14.7. The third-order valence-corrected chi connectivity index (χ3v) is 2.43. The maximum absolute atomic E-state index is 10.6. The van der Waals surface area contributed by atoms with Crippen LogP contribution in [-0.2, 0) is 19.7 Å². The number of hydrogen-bond donors (Lipinski definition) is 2. The van der Waals surface area contributed by atoms with Gasteiger partial charge in [0.05, 0.1) is 10.8 Å². The molecule has 0 radical (unpaired) electrons. The Balaban J connectivity index is 0. The van der Waals surface area contributed by atoms with Crippen LogP contribution >= 0.6 is 0 Å². The van der Waals surface area contributed by atoms with Crippen LogP contribution in [0.4, 0.5) is 0 Å². The summed E-state index contributed by atoms with van der Waals surface area (Å²) in [5.41, 5.74) is -1.05. The van der Waals surface area contributed by atoms with E-state index in [2.05, 4.69) is 6.58 Å². The Hall–Kier alpha value is -0.670. The molecule has 0 aromatic heterocycles. The second kappa shape index (κ2) is 6.81. The number of rotatable bonds is 5. The number of hydrogen-bond acceptors (Lipinski definition) is 5. The number of aliphatic carboxylic acids is 2. The molecule has 1 unspecified atom stereocenters. The minimum Gasteiger partial charge on any atom is -0.747 e. The molecular formula is C7H7NaO7S. The van der Waals surface area contributed by atoms with Gasteiger partial charge in [-0.25, -0.2) is 18.0 Å². The minimum absolute atomic E-state index is 0. The van der Waals surface area contributed by atoms with Crippen LogP contribution in [0.1, 0.15) is 0 Å². The van der Waals surface area contributed by atoms with Crippen LogP contribution in [0, 0.1) is 0 Å². The molecule has 0 saturated heterocycles. The van der Waals surface area contributed by atoms with Crippen molar-refractivity contribution in [1.29, 1.82) is 0 Å². The SMILES string of the molecule is C=CC(/C(=C/C(=O)O)C(=O)O)S(=O)(=O)[O-].[Na+]. The zero-order valence-electron chi connectivity index (χ0n) is 8.28. The van der Waals surface area contributed by atoms with E-state index in [1.807, 2.05) is 0 Å². The number of carbonyl (C=O) groups is 2. The molecule has 0 rings (SSSR count). The molecule has 0 amide bonds. The molecule has 0 fully saturated rings. The zero-order valence-corrected chi connectivity index (χ0v) is 11.1. The van der Waals surface area contributed by atoms with E-state index in [4.69, 9.17) is 10.2 Å². The van der Waals surface area contributed by atoms with E-state index in [0.29, 0.717) is 6.08 Å². The third-order valence-electron chi connectivity index (χ3n) is 1.36. The van der Waals surface area contributed by atoms with Crippen LogP contribution in [0.3, 0.4) is 0 Å². The predicted molar refractivity (Wildman–Crippen MR) is 47.0 cm³/mol. The van der Waals surface area contributed by atoms with Crippen molar-refractivity contribution in [2.75, 3.05) is 0 Å². The van der Waals surface area contributed by atoms with Gasteiger partial charge in [-0.15, -0.1) is 6.58 Å². The summed E-state index contributed by atoms with van der Waals surface area (Å²) in [6.45, 7) is 2.96. The third kappa shape index (κ3) is 5.42. The van der Waals surface area contributed by atoms with E-state index >= 15 is 0 Å². The fraction of sp³-hybridized carbons (Fsp3) is 0.143. The molecular weight excluding hydrogens is 251 g/mol. The first-order valence-electron chi connectivity index (χ1n) is 3.45. The van der Waals surface area contributed by atoms with Crippen molar-refractivity contribution < 1.29 is 62.3 Å². The minimum atomic E-state index is -4.99. The number of carboxylic acids is 2. The summed E-state index contributed by atoms with van der Waals surface area (Å²) < 4.78 is 31.7. The molecule has 0 aliphatic rings. The molecule has 84 valence electrons. The van der Waals surface area contributed by atoms with Crippen molar-refractivity contribution in [2.45, 2.75) is 5.25 Å². The van der Waals surface area contributed by atoms with Gasteiger partial charge in [-0.05, 0) is 0 Å². The van der Waals surface area contributed by atoms with E-state index in [0.717, 1.165) is 0 Å². The Morgan fingerprint density at radius 1 is 1.31 bits per heavy atom. The van der Waals surface area contributed by atoms with Crippen LogP contribution in [-0.4, -0.2) is 40.4 Å². The van der Waals surface area contributed by atoms with E-state index < -0.39 is 32.9 Å². The maximum atomic E-state index is 10.6. The van der Waals surface area contributed by atoms with Crippen molar-refractivity contribution in [3.63, 3.8) is 0 Å². The Morgan fingerprint density at radius 3 is 1.94 bits per heavy atom. The molecule has 0 aromatic rings. The van der Waals surface area contributed by atoms with Gasteiger partial charge in [-0.1, -0.05) is 6.08 Å². The topological polar surface area (TPSA) is 132 Å². The molecule has 7 nitrogen and oxygen atoms in total. The average Bonchev–Trinajstić information content (AvgIpc) is 2.00. The monoisotopic (exact) mass is 258 g/mol. The number of carboxylic acid groups (broad SMARTS) is 2. The molecule has 0 spiro atoms. The molecule has 0 aliphatic heterocycles. The van der Waals surface area contributed by atoms with E-state index in [1.54, 1.807) is 0 Å². The van der Waals surface area contributed by atoms with Gasteiger partial charge in [0, 0.05) is 6.08 Å². The van der Waals surface area contributed by atoms with Gasteiger partial charge in [0.25, 0.3) is 0 Å². The summed E-state index contributed by atoms with van der Waals surface area (Å²) in [5.74, 6) is -3.47. The second-order valence-electron chi connectivity index (χ2n) is 2.39. The van der Waals surface area contributed by atoms with Crippen LogP contribution in [0.25, 0.3) is 0 Å². The summed E-state index contributed by atoms with van der Waals surface area (Å²) in [6, 6.07) is 0. The summed E-state index contributed by atoms with van der Waals surface area (Å²) in [4.78, 5) is 20.7. The zero-order chi connectivity index (χ0) is 12.2.